The maximum absolute atomic E-state index is 4.09. The number of hydrogen-bond donors (Lipinski definition) is 0. The van der Waals surface area contributed by atoms with E-state index >= 15 is 0 Å². The molecule has 35 heavy (non-hydrogen) atoms. The van der Waals surface area contributed by atoms with Crippen molar-refractivity contribution in [3.8, 4) is 0 Å². The summed E-state index contributed by atoms with van der Waals surface area (Å²) in [6.45, 7) is 26.8. The van der Waals surface area contributed by atoms with Gasteiger partial charge in [0.25, 0.3) is 0 Å². The van der Waals surface area contributed by atoms with E-state index in [1.165, 1.54) is 54.4 Å². The van der Waals surface area contributed by atoms with Crippen molar-refractivity contribution in [2.75, 3.05) is 0 Å². The van der Waals surface area contributed by atoms with Gasteiger partial charge in [0.05, 0.1) is 0 Å². The van der Waals surface area contributed by atoms with Crippen LogP contribution >= 0.6 is 0 Å². The molecule has 1 saturated carbocycles. The van der Waals surface area contributed by atoms with E-state index < -0.39 is 0 Å². The van der Waals surface area contributed by atoms with Crippen molar-refractivity contribution < 1.29 is 22.4 Å². The molecule has 0 unspecified atom stereocenters. The van der Waals surface area contributed by atoms with Gasteiger partial charge in [0.15, 0.2) is 0 Å². The maximum atomic E-state index is 4.09. The van der Waals surface area contributed by atoms with Crippen molar-refractivity contribution in [3.05, 3.63) is 85.2 Å². The van der Waals surface area contributed by atoms with Crippen molar-refractivity contribution in [1.29, 1.82) is 0 Å². The van der Waals surface area contributed by atoms with E-state index in [9.17, 15) is 0 Å². The summed E-state index contributed by atoms with van der Waals surface area (Å²) in [5.74, 6) is 3.22. The van der Waals surface area contributed by atoms with E-state index in [1.807, 2.05) is 0 Å². The van der Waals surface area contributed by atoms with Crippen LogP contribution in [0.3, 0.4) is 0 Å². The van der Waals surface area contributed by atoms with Crippen LogP contribution in [0.1, 0.15) is 123 Å². The summed E-state index contributed by atoms with van der Waals surface area (Å²) in [7, 11) is 0. The molecule has 0 aliphatic heterocycles. The molecule has 0 nitrogen and oxygen atoms in total. The Kier molecular flexibility index (Phi) is 21.4. The zero-order chi connectivity index (χ0) is 24.4. The van der Waals surface area contributed by atoms with Crippen molar-refractivity contribution in [3.63, 3.8) is 0 Å². The molecular formula is C34H58Au-2. The fourth-order valence-electron chi connectivity index (χ4n) is 5.41. The summed E-state index contributed by atoms with van der Waals surface area (Å²) in [5.41, 5.74) is 9.12. The van der Waals surface area contributed by atoms with Crippen LogP contribution < -0.4 is 0 Å². The molecule has 1 fully saturated rings. The molecule has 0 N–H and O–H groups in total. The largest absolute Gasteiger partial charge is 0.358 e. The van der Waals surface area contributed by atoms with Gasteiger partial charge in [0.2, 0.25) is 0 Å². The number of hydrogen-bond acceptors (Lipinski definition) is 0. The summed E-state index contributed by atoms with van der Waals surface area (Å²) in [6, 6.07) is 6.66. The van der Waals surface area contributed by atoms with Gasteiger partial charge in [0.1, 0.15) is 0 Å². The first-order valence-corrected chi connectivity index (χ1v) is 13.2. The van der Waals surface area contributed by atoms with Gasteiger partial charge in [-0.2, -0.15) is 0 Å². The fourth-order valence-corrected chi connectivity index (χ4v) is 5.41. The normalized spacial score (nSPS) is 15.0. The van der Waals surface area contributed by atoms with E-state index in [0.29, 0.717) is 23.7 Å². The molecule has 207 valence electrons. The average Bonchev–Trinajstić information content (AvgIpc) is 2.74. The zero-order valence-electron chi connectivity index (χ0n) is 25.3. The van der Waals surface area contributed by atoms with Crippen LogP contribution in [0.25, 0.3) is 0 Å². The predicted octanol–water partition coefficient (Wildman–Crippen LogP) is 11.4. The van der Waals surface area contributed by atoms with E-state index in [4.69, 9.17) is 0 Å². The van der Waals surface area contributed by atoms with Gasteiger partial charge in [0, 0.05) is 22.4 Å². The third-order valence-electron chi connectivity index (χ3n) is 7.07. The minimum absolute atomic E-state index is 0. The average molecular weight is 664 g/mol. The van der Waals surface area contributed by atoms with Crippen molar-refractivity contribution >= 4 is 0 Å². The van der Waals surface area contributed by atoms with Crippen molar-refractivity contribution in [1.82, 2.24) is 0 Å². The summed E-state index contributed by atoms with van der Waals surface area (Å²) in [4.78, 5) is 0. The molecule has 1 aromatic rings. The van der Waals surface area contributed by atoms with Crippen molar-refractivity contribution in [2.24, 2.45) is 17.8 Å². The van der Waals surface area contributed by atoms with Gasteiger partial charge < -0.3 is 14.9 Å². The van der Waals surface area contributed by atoms with Gasteiger partial charge >= 0.3 is 0 Å². The minimum Gasteiger partial charge on any atom is -0.358 e. The van der Waals surface area contributed by atoms with Crippen LogP contribution in [-0.2, 0) is 22.4 Å². The molecule has 0 atom stereocenters. The quantitative estimate of drug-likeness (QED) is 0.155. The monoisotopic (exact) mass is 663 g/mol. The Morgan fingerprint density at radius 1 is 0.829 bits per heavy atom. The standard InChI is InChI=1S/C19H32.C13H20.2CH3.Au/c1-7-17(14(3)4)19(18(8-2)15(5)6)16-12-10-9-11-13-16;1-9(2)12-7-6-8-13(10(3)4)11(12)5;;;/h7-8,14-16H,1,9-13H2,2-6H3;6-10H,1-5H3;2*1H3;/q;;2*-1;/b18-8-,19-17+;;;;. The van der Waals surface area contributed by atoms with Crippen LogP contribution in [0.15, 0.2) is 53.6 Å². The molecule has 0 saturated heterocycles. The first-order chi connectivity index (χ1) is 15.1. The van der Waals surface area contributed by atoms with E-state index in [0.717, 1.165) is 5.92 Å². The molecule has 0 bridgehead atoms. The van der Waals surface area contributed by atoms with Gasteiger partial charge in [-0.15, -0.1) is 0 Å². The Balaban J connectivity index is -0.000000569. The molecule has 0 heterocycles. The Bertz CT molecular complexity index is 742. The molecule has 0 aromatic heterocycles. The molecule has 1 heteroatoms. The second-order valence-electron chi connectivity index (χ2n) is 10.8. The van der Waals surface area contributed by atoms with Gasteiger partial charge in [-0.3, -0.25) is 0 Å². The summed E-state index contributed by atoms with van der Waals surface area (Å²) in [6.07, 6.45) is 11.4. The molecule has 1 radical (unpaired) electrons. The van der Waals surface area contributed by atoms with Crippen LogP contribution in [0, 0.1) is 39.5 Å². The van der Waals surface area contributed by atoms with Gasteiger partial charge in [-0.05, 0) is 89.7 Å². The van der Waals surface area contributed by atoms with Gasteiger partial charge in [-0.1, -0.05) is 112 Å². The minimum atomic E-state index is 0. The molecule has 0 amide bonds. The van der Waals surface area contributed by atoms with Crippen LogP contribution in [0.4, 0.5) is 0 Å². The van der Waals surface area contributed by atoms with Crippen LogP contribution in [0.2, 0.25) is 0 Å². The Morgan fingerprint density at radius 2 is 1.29 bits per heavy atom. The molecule has 1 aliphatic carbocycles. The topological polar surface area (TPSA) is 0 Å². The SMILES string of the molecule is C=C/C(=C(\C(=C/C)C(C)C)C1CCCCC1)C(C)C.Cc1c(C(C)C)cccc1C(C)C.[Au].[CH3-].[CH3-]. The molecule has 1 aliphatic rings. The summed E-state index contributed by atoms with van der Waals surface area (Å²) >= 11 is 0. The first-order valence-electron chi connectivity index (χ1n) is 13.2. The second-order valence-corrected chi connectivity index (χ2v) is 10.8. The first kappa shape index (κ1) is 38.7. The third-order valence-corrected chi connectivity index (χ3v) is 7.07. The number of benzene rings is 1. The Labute approximate surface area is 237 Å². The summed E-state index contributed by atoms with van der Waals surface area (Å²) in [5, 5.41) is 0. The van der Waals surface area contributed by atoms with Crippen LogP contribution in [-0.4, -0.2) is 0 Å². The van der Waals surface area contributed by atoms with E-state index in [1.54, 1.807) is 11.1 Å². The Hall–Kier alpha value is -0.820. The third kappa shape index (κ3) is 11.4. The van der Waals surface area contributed by atoms with Crippen molar-refractivity contribution in [2.45, 2.75) is 113 Å². The maximum Gasteiger partial charge on any atom is 0 e. The fraction of sp³-hybridized carbons (Fsp3) is 0.588. The molecule has 1 aromatic carbocycles. The smallest absolute Gasteiger partial charge is 0 e. The number of rotatable bonds is 7. The summed E-state index contributed by atoms with van der Waals surface area (Å²) < 4.78 is 0. The van der Waals surface area contributed by atoms with E-state index in [2.05, 4.69) is 106 Å². The molecular weight excluding hydrogens is 605 g/mol. The van der Waals surface area contributed by atoms with Crippen LogP contribution in [0.5, 0.6) is 0 Å². The second kappa shape index (κ2) is 19.3. The Morgan fingerprint density at radius 3 is 1.60 bits per heavy atom. The number of allylic oxidation sites excluding steroid dienone is 5. The van der Waals surface area contributed by atoms with Gasteiger partial charge in [-0.25, -0.2) is 0 Å². The molecule has 2 rings (SSSR count). The zero-order valence-corrected chi connectivity index (χ0v) is 27.5. The molecule has 0 spiro atoms. The predicted molar refractivity (Wildman–Crippen MR) is 159 cm³/mol. The van der Waals surface area contributed by atoms with E-state index in [-0.39, 0.29) is 37.2 Å².